The van der Waals surface area contributed by atoms with Crippen molar-refractivity contribution in [3.63, 3.8) is 0 Å². The molecule has 1 saturated carbocycles. The zero-order valence-corrected chi connectivity index (χ0v) is 16.3. The second-order valence-electron chi connectivity index (χ2n) is 8.34. The fraction of sp³-hybridized carbons (Fsp3) is 0.889. The molecule has 11 heteroatoms. The van der Waals surface area contributed by atoms with Crippen LogP contribution in [0.25, 0.3) is 0 Å². The Morgan fingerprint density at radius 3 is 2.17 bits per heavy atom. The summed E-state index contributed by atoms with van der Waals surface area (Å²) in [6, 6.07) is 0. The van der Waals surface area contributed by atoms with Gasteiger partial charge in [-0.25, -0.2) is 0 Å². The molecular weight excluding hydrogens is 410 g/mol. The number of ether oxygens (including phenoxy) is 2. The highest BCUT2D eigenvalue weighted by Gasteiger charge is 2.63. The zero-order valence-electron chi connectivity index (χ0n) is 16.3. The molecule has 0 aromatic carbocycles. The molecule has 168 valence electrons. The van der Waals surface area contributed by atoms with Crippen LogP contribution in [0, 0.1) is 29.1 Å². The molecule has 29 heavy (non-hydrogen) atoms. The largest absolute Gasteiger partial charge is 0.462 e. The molecule has 1 heterocycles. The molecule has 0 radical (unpaired) electrons. The molecule has 1 aliphatic carbocycles. The zero-order chi connectivity index (χ0) is 22.5. The number of halogens is 6. The van der Waals surface area contributed by atoms with Gasteiger partial charge in [0.05, 0.1) is 5.92 Å². The first kappa shape index (κ1) is 23.9. The van der Waals surface area contributed by atoms with Gasteiger partial charge >= 0.3 is 18.3 Å². The predicted octanol–water partition coefficient (Wildman–Crippen LogP) is 3.63. The molecule has 0 aromatic heterocycles. The topological polar surface area (TPSA) is 72.8 Å². The summed E-state index contributed by atoms with van der Waals surface area (Å²) in [5.74, 6) is -5.84. The number of alkyl halides is 6. The number of ketones is 1. The Hall–Kier alpha value is -1.36. The monoisotopic (exact) mass is 434 g/mol. The third kappa shape index (κ3) is 4.55. The maximum Gasteiger partial charge on any atom is 0.423 e. The van der Waals surface area contributed by atoms with Crippen molar-refractivity contribution >= 4 is 11.8 Å². The number of carbonyl (C=O) groups is 2. The molecule has 0 bridgehead atoms. The van der Waals surface area contributed by atoms with E-state index in [1.165, 1.54) is 6.92 Å². The second kappa shape index (κ2) is 7.72. The van der Waals surface area contributed by atoms with Crippen molar-refractivity contribution in [2.45, 2.75) is 71.4 Å². The van der Waals surface area contributed by atoms with Crippen LogP contribution in [0.4, 0.5) is 26.3 Å². The summed E-state index contributed by atoms with van der Waals surface area (Å²) in [5.41, 5.74) is -0.943. The molecular formula is C18H24F6O5. The van der Waals surface area contributed by atoms with Gasteiger partial charge in [0.2, 0.25) is 0 Å². The Bertz CT molecular complexity index is 630. The lowest BCUT2D eigenvalue weighted by atomic mass is 9.74. The number of hydrogen-bond acceptors (Lipinski definition) is 5. The Morgan fingerprint density at radius 2 is 1.72 bits per heavy atom. The number of aliphatic hydroxyl groups excluding tert-OH is 1. The summed E-state index contributed by atoms with van der Waals surface area (Å²) < 4.78 is 86.2. The molecule has 1 saturated heterocycles. The molecule has 2 fully saturated rings. The Labute approximate surface area is 163 Å². The molecule has 5 nitrogen and oxygen atoms in total. The summed E-state index contributed by atoms with van der Waals surface area (Å²) in [4.78, 5) is 25.2. The summed E-state index contributed by atoms with van der Waals surface area (Å²) in [7, 11) is 0. The van der Waals surface area contributed by atoms with E-state index >= 15 is 0 Å². The van der Waals surface area contributed by atoms with Gasteiger partial charge in [-0.15, -0.1) is 0 Å². The summed E-state index contributed by atoms with van der Waals surface area (Å²) in [5, 5.41) is 10.3. The lowest BCUT2D eigenvalue weighted by molar-refractivity contribution is -0.355. The van der Waals surface area contributed by atoms with Crippen LogP contribution in [0.3, 0.4) is 0 Å². The van der Waals surface area contributed by atoms with Crippen LogP contribution in [-0.2, 0) is 19.1 Å². The van der Waals surface area contributed by atoms with Gasteiger partial charge in [-0.2, -0.15) is 26.3 Å². The van der Waals surface area contributed by atoms with E-state index in [1.807, 2.05) is 0 Å². The van der Waals surface area contributed by atoms with Crippen molar-refractivity contribution in [2.75, 3.05) is 0 Å². The van der Waals surface area contributed by atoms with Crippen molar-refractivity contribution in [3.8, 4) is 0 Å². The van der Waals surface area contributed by atoms with E-state index in [2.05, 4.69) is 4.74 Å². The van der Waals surface area contributed by atoms with Crippen LogP contribution in [0.1, 0.15) is 40.5 Å². The van der Waals surface area contributed by atoms with Crippen LogP contribution < -0.4 is 0 Å². The molecule has 6 unspecified atom stereocenters. The first-order chi connectivity index (χ1) is 13.0. The van der Waals surface area contributed by atoms with E-state index in [1.54, 1.807) is 20.8 Å². The number of aliphatic hydroxyl groups is 1. The van der Waals surface area contributed by atoms with Crippen LogP contribution in [0.5, 0.6) is 0 Å². The maximum atomic E-state index is 13.0. The van der Waals surface area contributed by atoms with Crippen LogP contribution >= 0.6 is 0 Å². The number of cyclic esters (lactones) is 1. The number of carbonyl (C=O) groups excluding carboxylic acids is 2. The number of hydrogen-bond donors (Lipinski definition) is 1. The molecule has 2 aliphatic rings. The predicted molar refractivity (Wildman–Crippen MR) is 86.2 cm³/mol. The van der Waals surface area contributed by atoms with Crippen LogP contribution in [-0.4, -0.2) is 47.7 Å². The molecule has 1 aliphatic heterocycles. The van der Waals surface area contributed by atoms with Gasteiger partial charge in [-0.1, -0.05) is 20.8 Å². The molecule has 1 N–H and O–H groups in total. The molecule has 2 rings (SSSR count). The third-order valence-corrected chi connectivity index (χ3v) is 6.13. The molecule has 6 atom stereocenters. The fourth-order valence-corrected chi connectivity index (χ4v) is 4.20. The van der Waals surface area contributed by atoms with E-state index in [0.717, 1.165) is 0 Å². The smallest absolute Gasteiger partial charge is 0.423 e. The highest BCUT2D eigenvalue weighted by Crippen LogP contribution is 2.53. The van der Waals surface area contributed by atoms with E-state index in [0.29, 0.717) is 6.42 Å². The minimum Gasteiger partial charge on any atom is -0.462 e. The normalized spacial score (nSPS) is 31.7. The maximum absolute atomic E-state index is 13.0. The average molecular weight is 434 g/mol. The highest BCUT2D eigenvalue weighted by molar-refractivity contribution is 5.88. The van der Waals surface area contributed by atoms with Gasteiger partial charge in [-0.3, -0.25) is 9.59 Å². The lowest BCUT2D eigenvalue weighted by Crippen LogP contribution is -2.50. The van der Waals surface area contributed by atoms with Gasteiger partial charge in [0, 0.05) is 23.2 Å². The van der Waals surface area contributed by atoms with E-state index in [4.69, 9.17) is 4.74 Å². The summed E-state index contributed by atoms with van der Waals surface area (Å²) >= 11 is 0. The SMILES string of the molecule is CCC(C)(C)C(=O)C1CC2C(C)OC(=O)C2C1C(O)OC(C(F)(F)F)C(F)(F)F. The quantitative estimate of drug-likeness (QED) is 0.393. The summed E-state index contributed by atoms with van der Waals surface area (Å²) in [6.45, 7) is 6.40. The van der Waals surface area contributed by atoms with Crippen molar-refractivity contribution in [1.29, 1.82) is 0 Å². The minimum absolute atomic E-state index is 0.00757. The Morgan fingerprint density at radius 1 is 1.21 bits per heavy atom. The number of fused-ring (bicyclic) bond motifs is 1. The number of esters is 1. The van der Waals surface area contributed by atoms with E-state index < -0.39 is 71.7 Å². The van der Waals surface area contributed by atoms with Gasteiger partial charge in [-0.05, 0) is 19.8 Å². The first-order valence-corrected chi connectivity index (χ1v) is 9.24. The van der Waals surface area contributed by atoms with Crippen molar-refractivity contribution < 1.29 is 50.5 Å². The van der Waals surface area contributed by atoms with Gasteiger partial charge in [0.15, 0.2) is 6.29 Å². The standard InChI is InChI=1S/C18H24F6O5/c1-5-16(3,4)12(25)9-6-8-7(2)28-13(26)10(8)11(9)14(27)29-15(17(19,20)21)18(22,23)24/h7-11,14-15,27H,5-6H2,1-4H3. The van der Waals surface area contributed by atoms with Crippen LogP contribution in [0.2, 0.25) is 0 Å². The molecule has 0 aromatic rings. The second-order valence-corrected chi connectivity index (χ2v) is 8.34. The molecule has 0 amide bonds. The van der Waals surface area contributed by atoms with E-state index in [9.17, 15) is 41.0 Å². The van der Waals surface area contributed by atoms with Crippen molar-refractivity contribution in [3.05, 3.63) is 0 Å². The number of Topliss-reactive ketones (excluding diaryl/α,β-unsaturated/α-hetero) is 1. The molecule has 0 spiro atoms. The van der Waals surface area contributed by atoms with Gasteiger partial charge in [0.25, 0.3) is 6.10 Å². The number of rotatable bonds is 6. The first-order valence-electron chi connectivity index (χ1n) is 9.24. The van der Waals surface area contributed by atoms with Crippen molar-refractivity contribution in [2.24, 2.45) is 29.1 Å². The minimum atomic E-state index is -5.83. The van der Waals surface area contributed by atoms with E-state index in [-0.39, 0.29) is 6.42 Å². The Kier molecular flexibility index (Phi) is 6.36. The van der Waals surface area contributed by atoms with Gasteiger partial charge < -0.3 is 14.6 Å². The summed E-state index contributed by atoms with van der Waals surface area (Å²) in [6.07, 6.45) is -18.8. The average Bonchev–Trinajstić information content (AvgIpc) is 3.08. The highest BCUT2D eigenvalue weighted by atomic mass is 19.4. The fourth-order valence-electron chi connectivity index (χ4n) is 4.20. The van der Waals surface area contributed by atoms with Crippen LogP contribution in [0.15, 0.2) is 0 Å². The lowest BCUT2D eigenvalue weighted by Gasteiger charge is -2.34. The van der Waals surface area contributed by atoms with Crippen molar-refractivity contribution in [1.82, 2.24) is 0 Å². The third-order valence-electron chi connectivity index (χ3n) is 6.13. The Balaban J connectivity index is 2.40. The van der Waals surface area contributed by atoms with Gasteiger partial charge in [0.1, 0.15) is 11.9 Å².